The molecule has 3 N–H and O–H groups in total. The van der Waals surface area contributed by atoms with E-state index >= 15 is 0 Å². The third kappa shape index (κ3) is 6.17. The summed E-state index contributed by atoms with van der Waals surface area (Å²) in [6.07, 6.45) is 0. The molecule has 5 heteroatoms. The van der Waals surface area contributed by atoms with Crippen LogP contribution in [0.2, 0.25) is 0 Å². The van der Waals surface area contributed by atoms with E-state index in [0.717, 1.165) is 38.5 Å². The predicted molar refractivity (Wildman–Crippen MR) is 124 cm³/mol. The van der Waals surface area contributed by atoms with Crippen molar-refractivity contribution in [3.05, 3.63) is 58.7 Å². The van der Waals surface area contributed by atoms with Crippen LogP contribution in [0.4, 0.5) is 11.4 Å². The summed E-state index contributed by atoms with van der Waals surface area (Å²) in [7, 11) is 1.86. The molecule has 0 spiro atoms. The molecule has 0 saturated heterocycles. The third-order valence-electron chi connectivity index (χ3n) is 5.31. The zero-order valence-corrected chi connectivity index (χ0v) is 19.3. The van der Waals surface area contributed by atoms with Crippen LogP contribution in [0.25, 0.3) is 0 Å². The molecule has 2 amide bonds. The SMILES string of the molecule is Cc1cccc(C)c1NC(=O)C[NH+](C)CC(=O)Nc1c(C(C)C)cccc1C(C)C. The van der Waals surface area contributed by atoms with Crippen LogP contribution in [0, 0.1) is 13.8 Å². The van der Waals surface area contributed by atoms with Crippen molar-refractivity contribution in [1.29, 1.82) is 0 Å². The molecule has 162 valence electrons. The van der Waals surface area contributed by atoms with Gasteiger partial charge in [-0.3, -0.25) is 9.59 Å². The standard InChI is InChI=1S/C25H35N3O2/c1-16(2)20-12-9-13-21(17(3)4)25(20)27-23(30)15-28(7)14-22(29)26-24-18(5)10-8-11-19(24)6/h8-13,16-17H,14-15H2,1-7H3,(H,26,29)(H,27,30)/p+1. The van der Waals surface area contributed by atoms with Crippen molar-refractivity contribution < 1.29 is 14.5 Å². The van der Waals surface area contributed by atoms with Gasteiger partial charge in [0.2, 0.25) is 0 Å². The van der Waals surface area contributed by atoms with Crippen LogP contribution in [-0.2, 0) is 9.59 Å². The van der Waals surface area contributed by atoms with E-state index in [9.17, 15) is 9.59 Å². The van der Waals surface area contributed by atoms with E-state index in [4.69, 9.17) is 0 Å². The summed E-state index contributed by atoms with van der Waals surface area (Å²) in [5.41, 5.74) is 6.11. The van der Waals surface area contributed by atoms with Gasteiger partial charge in [-0.2, -0.15) is 0 Å². The number of nitrogens with one attached hydrogen (secondary N) is 3. The van der Waals surface area contributed by atoms with Crippen molar-refractivity contribution >= 4 is 23.2 Å². The summed E-state index contributed by atoms with van der Waals surface area (Å²) in [5, 5.41) is 6.11. The van der Waals surface area contributed by atoms with Gasteiger partial charge in [-0.25, -0.2) is 0 Å². The number of para-hydroxylation sites is 2. The molecule has 0 radical (unpaired) electrons. The molecule has 0 bridgehead atoms. The molecule has 0 fully saturated rings. The van der Waals surface area contributed by atoms with Gasteiger partial charge < -0.3 is 15.5 Å². The van der Waals surface area contributed by atoms with Crippen LogP contribution in [0.1, 0.15) is 61.8 Å². The average molecular weight is 411 g/mol. The number of amides is 2. The Morgan fingerprint density at radius 2 is 1.17 bits per heavy atom. The molecule has 2 aromatic carbocycles. The minimum atomic E-state index is -0.0943. The highest BCUT2D eigenvalue weighted by Gasteiger charge is 2.19. The Bertz CT molecular complexity index is 857. The second-order valence-corrected chi connectivity index (χ2v) is 8.79. The smallest absolute Gasteiger partial charge is 0.279 e. The molecule has 2 aromatic rings. The average Bonchev–Trinajstić information content (AvgIpc) is 2.64. The van der Waals surface area contributed by atoms with Crippen molar-refractivity contribution in [2.75, 3.05) is 30.8 Å². The molecule has 2 rings (SSSR count). The van der Waals surface area contributed by atoms with Crippen LogP contribution in [0.15, 0.2) is 36.4 Å². The van der Waals surface area contributed by atoms with Crippen LogP contribution < -0.4 is 15.5 Å². The molecule has 0 heterocycles. The molecular weight excluding hydrogens is 374 g/mol. The molecule has 5 nitrogen and oxygen atoms in total. The molecule has 0 saturated carbocycles. The van der Waals surface area contributed by atoms with Gasteiger partial charge in [-0.15, -0.1) is 0 Å². The Labute approximate surface area is 180 Å². The number of rotatable bonds is 8. The maximum Gasteiger partial charge on any atom is 0.279 e. The molecule has 0 aliphatic heterocycles. The Kier molecular flexibility index (Phi) is 8.18. The summed E-state index contributed by atoms with van der Waals surface area (Å²) >= 11 is 0. The van der Waals surface area contributed by atoms with Gasteiger partial charge in [0.1, 0.15) is 0 Å². The van der Waals surface area contributed by atoms with E-state index in [-0.39, 0.29) is 24.9 Å². The van der Waals surface area contributed by atoms with Crippen molar-refractivity contribution in [3.63, 3.8) is 0 Å². The Balaban J connectivity index is 2.02. The normalized spacial score (nSPS) is 12.2. The topological polar surface area (TPSA) is 62.6 Å². The Morgan fingerprint density at radius 1 is 0.767 bits per heavy atom. The lowest BCUT2D eigenvalue weighted by Crippen LogP contribution is -3.11. The fraction of sp³-hybridized carbons (Fsp3) is 0.440. The second-order valence-electron chi connectivity index (χ2n) is 8.79. The van der Waals surface area contributed by atoms with Crippen molar-refractivity contribution in [1.82, 2.24) is 0 Å². The van der Waals surface area contributed by atoms with Gasteiger partial charge >= 0.3 is 0 Å². The van der Waals surface area contributed by atoms with E-state index in [0.29, 0.717) is 11.8 Å². The van der Waals surface area contributed by atoms with E-state index in [1.165, 1.54) is 0 Å². The van der Waals surface area contributed by atoms with E-state index in [1.807, 2.05) is 39.1 Å². The third-order valence-corrected chi connectivity index (χ3v) is 5.31. The van der Waals surface area contributed by atoms with Crippen LogP contribution >= 0.6 is 0 Å². The van der Waals surface area contributed by atoms with Gasteiger partial charge in [0.15, 0.2) is 13.1 Å². The van der Waals surface area contributed by atoms with Gasteiger partial charge in [-0.1, -0.05) is 64.1 Å². The first-order chi connectivity index (χ1) is 14.1. The van der Waals surface area contributed by atoms with Gasteiger partial charge in [0, 0.05) is 11.4 Å². The highest BCUT2D eigenvalue weighted by molar-refractivity contribution is 5.95. The van der Waals surface area contributed by atoms with Crippen molar-refractivity contribution in [2.45, 2.75) is 53.4 Å². The molecule has 1 atom stereocenters. The monoisotopic (exact) mass is 410 g/mol. The lowest BCUT2D eigenvalue weighted by molar-refractivity contribution is -0.862. The first kappa shape index (κ1) is 23.6. The second kappa shape index (κ2) is 10.4. The van der Waals surface area contributed by atoms with Gasteiger partial charge in [0.25, 0.3) is 11.8 Å². The number of hydrogen-bond acceptors (Lipinski definition) is 2. The number of quaternary nitrogens is 1. The van der Waals surface area contributed by atoms with Gasteiger partial charge in [-0.05, 0) is 47.9 Å². The number of aryl methyl sites for hydroxylation is 2. The van der Waals surface area contributed by atoms with Crippen LogP contribution in [0.5, 0.6) is 0 Å². The first-order valence-electron chi connectivity index (χ1n) is 10.7. The molecule has 30 heavy (non-hydrogen) atoms. The van der Waals surface area contributed by atoms with Crippen molar-refractivity contribution in [2.24, 2.45) is 0 Å². The lowest BCUT2D eigenvalue weighted by Gasteiger charge is -2.21. The highest BCUT2D eigenvalue weighted by atomic mass is 16.2. The summed E-state index contributed by atoms with van der Waals surface area (Å²) in [4.78, 5) is 26.1. The van der Waals surface area contributed by atoms with E-state index < -0.39 is 0 Å². The maximum absolute atomic E-state index is 12.8. The summed E-state index contributed by atoms with van der Waals surface area (Å²) < 4.78 is 0. The molecule has 1 unspecified atom stereocenters. The minimum absolute atomic E-state index is 0.0811. The number of benzene rings is 2. The fourth-order valence-electron chi connectivity index (χ4n) is 3.68. The first-order valence-corrected chi connectivity index (χ1v) is 10.7. The van der Waals surface area contributed by atoms with Crippen LogP contribution in [-0.4, -0.2) is 32.0 Å². The quantitative estimate of drug-likeness (QED) is 0.622. The molecule has 0 aliphatic carbocycles. The molecular formula is C25H36N3O2+. The van der Waals surface area contributed by atoms with Crippen molar-refractivity contribution in [3.8, 4) is 0 Å². The largest absolute Gasteiger partial charge is 0.322 e. The summed E-state index contributed by atoms with van der Waals surface area (Å²) in [6, 6.07) is 12.1. The molecule has 0 aliphatic rings. The molecule has 0 aromatic heterocycles. The van der Waals surface area contributed by atoms with Gasteiger partial charge in [0.05, 0.1) is 7.05 Å². The summed E-state index contributed by atoms with van der Waals surface area (Å²) in [6.45, 7) is 12.9. The zero-order chi connectivity index (χ0) is 22.4. The summed E-state index contributed by atoms with van der Waals surface area (Å²) in [5.74, 6) is 0.449. The zero-order valence-electron chi connectivity index (χ0n) is 19.3. The van der Waals surface area contributed by atoms with E-state index in [1.54, 1.807) is 0 Å². The Hall–Kier alpha value is -2.66. The maximum atomic E-state index is 12.8. The number of anilines is 2. The highest BCUT2D eigenvalue weighted by Crippen LogP contribution is 2.32. The van der Waals surface area contributed by atoms with E-state index in [2.05, 4.69) is 56.5 Å². The van der Waals surface area contributed by atoms with Crippen LogP contribution in [0.3, 0.4) is 0 Å². The number of carbonyl (C=O) groups is 2. The fourth-order valence-corrected chi connectivity index (χ4v) is 3.68. The number of carbonyl (C=O) groups excluding carboxylic acids is 2. The minimum Gasteiger partial charge on any atom is -0.322 e. The lowest BCUT2D eigenvalue weighted by atomic mass is 9.92. The predicted octanol–water partition coefficient (Wildman–Crippen LogP) is 3.64. The Morgan fingerprint density at radius 3 is 1.60 bits per heavy atom. The number of likely N-dealkylation sites (N-methyl/N-ethyl adjacent to an activating group) is 1. The number of hydrogen-bond donors (Lipinski definition) is 3.